The van der Waals surface area contributed by atoms with Crippen molar-refractivity contribution in [3.05, 3.63) is 16.6 Å². The summed E-state index contributed by atoms with van der Waals surface area (Å²) < 4.78 is 4.45. The van der Waals surface area contributed by atoms with E-state index in [9.17, 15) is 0 Å². The minimum Gasteiger partial charge on any atom is -0.197 e. The molecule has 0 aliphatic carbocycles. The second kappa shape index (κ2) is 3.17. The summed E-state index contributed by atoms with van der Waals surface area (Å²) in [5.74, 6) is 0.595. The number of aromatic nitrogens is 1. The smallest absolute Gasteiger partial charge is 0.0630 e. The molecule has 0 aromatic carbocycles. The summed E-state index contributed by atoms with van der Waals surface area (Å²) in [7, 11) is 0. The van der Waals surface area contributed by atoms with Crippen molar-refractivity contribution in [3.63, 3.8) is 0 Å². The Morgan fingerprint density at radius 3 is 2.25 bits per heavy atom. The molecule has 0 radical (unpaired) electrons. The van der Waals surface area contributed by atoms with E-state index in [0.717, 1.165) is 0 Å². The van der Waals surface area contributed by atoms with Crippen LogP contribution in [0.15, 0.2) is 5.38 Å². The van der Waals surface area contributed by atoms with Crippen LogP contribution in [0.5, 0.6) is 0 Å². The summed E-state index contributed by atoms with van der Waals surface area (Å²) in [6.07, 6.45) is 0. The van der Waals surface area contributed by atoms with Gasteiger partial charge in [0.1, 0.15) is 0 Å². The van der Waals surface area contributed by atoms with Gasteiger partial charge in [0.15, 0.2) is 0 Å². The summed E-state index contributed by atoms with van der Waals surface area (Å²) in [5.41, 5.74) is 2.87. The first-order chi connectivity index (χ1) is 5.43. The van der Waals surface area contributed by atoms with E-state index in [0.29, 0.717) is 5.92 Å². The Bertz CT molecular complexity index is 255. The van der Waals surface area contributed by atoms with E-state index in [1.54, 1.807) is 11.5 Å². The number of hydrogen-bond acceptors (Lipinski definition) is 2. The highest BCUT2D eigenvalue weighted by atomic mass is 32.1. The van der Waals surface area contributed by atoms with Crippen molar-refractivity contribution < 1.29 is 0 Å². The van der Waals surface area contributed by atoms with E-state index in [2.05, 4.69) is 44.4 Å². The molecule has 0 atom stereocenters. The van der Waals surface area contributed by atoms with E-state index >= 15 is 0 Å². The minimum absolute atomic E-state index is 0.194. The van der Waals surface area contributed by atoms with Crippen molar-refractivity contribution >= 4 is 11.5 Å². The lowest BCUT2D eigenvalue weighted by Crippen LogP contribution is -2.14. The maximum absolute atomic E-state index is 4.45. The van der Waals surface area contributed by atoms with Gasteiger partial charge in [0, 0.05) is 10.8 Å². The zero-order valence-corrected chi connectivity index (χ0v) is 9.33. The summed E-state index contributed by atoms with van der Waals surface area (Å²) in [5, 5.41) is 2.17. The minimum atomic E-state index is 0.194. The van der Waals surface area contributed by atoms with Crippen molar-refractivity contribution in [1.29, 1.82) is 0 Å². The van der Waals surface area contributed by atoms with Crippen LogP contribution in [0.2, 0.25) is 0 Å². The van der Waals surface area contributed by atoms with Gasteiger partial charge < -0.3 is 0 Å². The zero-order chi connectivity index (χ0) is 9.35. The molecule has 0 aliphatic heterocycles. The maximum atomic E-state index is 4.45. The van der Waals surface area contributed by atoms with E-state index in [1.165, 1.54) is 11.3 Å². The fraction of sp³-hybridized carbons (Fsp3) is 0.700. The second-order valence-electron chi connectivity index (χ2n) is 4.52. The molecule has 0 saturated heterocycles. The van der Waals surface area contributed by atoms with Gasteiger partial charge in [-0.15, -0.1) is 0 Å². The molecule has 0 N–H and O–H groups in total. The van der Waals surface area contributed by atoms with E-state index < -0.39 is 0 Å². The van der Waals surface area contributed by atoms with Crippen molar-refractivity contribution in [2.45, 2.75) is 46.0 Å². The second-order valence-corrected chi connectivity index (χ2v) is 5.15. The molecule has 1 aromatic heterocycles. The van der Waals surface area contributed by atoms with Crippen LogP contribution in [-0.4, -0.2) is 4.37 Å². The van der Waals surface area contributed by atoms with Crippen LogP contribution in [0.3, 0.4) is 0 Å². The standard InChI is InChI=1S/C10H17NS/c1-7(2)8-6-12-11-9(8)10(3,4)5/h6-7H,1-5H3. The zero-order valence-electron chi connectivity index (χ0n) is 8.51. The highest BCUT2D eigenvalue weighted by Crippen LogP contribution is 2.30. The average Bonchev–Trinajstić information content (AvgIpc) is 2.30. The third-order valence-electron chi connectivity index (χ3n) is 1.93. The molecule has 68 valence electrons. The van der Waals surface area contributed by atoms with E-state index in [1.807, 2.05) is 0 Å². The summed E-state index contributed by atoms with van der Waals surface area (Å²) in [4.78, 5) is 0. The summed E-state index contributed by atoms with van der Waals surface area (Å²) in [6.45, 7) is 11.1. The molecule has 0 aliphatic rings. The van der Waals surface area contributed by atoms with Crippen LogP contribution in [0.4, 0.5) is 0 Å². The third kappa shape index (κ3) is 1.86. The molecule has 0 unspecified atom stereocenters. The molecule has 0 fully saturated rings. The first kappa shape index (κ1) is 9.72. The SMILES string of the molecule is CC(C)c1csnc1C(C)(C)C. The fourth-order valence-corrected chi connectivity index (χ4v) is 2.26. The van der Waals surface area contributed by atoms with Crippen molar-refractivity contribution in [1.82, 2.24) is 4.37 Å². The largest absolute Gasteiger partial charge is 0.197 e. The van der Waals surface area contributed by atoms with Gasteiger partial charge in [0.25, 0.3) is 0 Å². The predicted molar refractivity (Wildman–Crippen MR) is 54.9 cm³/mol. The van der Waals surface area contributed by atoms with Gasteiger partial charge in [-0.3, -0.25) is 0 Å². The van der Waals surface area contributed by atoms with Gasteiger partial charge in [-0.05, 0) is 23.0 Å². The lowest BCUT2D eigenvalue weighted by molar-refractivity contribution is 0.563. The summed E-state index contributed by atoms with van der Waals surface area (Å²) in [6, 6.07) is 0. The van der Waals surface area contributed by atoms with E-state index in [-0.39, 0.29) is 5.41 Å². The first-order valence-electron chi connectivity index (χ1n) is 4.37. The van der Waals surface area contributed by atoms with Crippen LogP contribution in [0, 0.1) is 0 Å². The van der Waals surface area contributed by atoms with Crippen LogP contribution in [-0.2, 0) is 5.41 Å². The van der Waals surface area contributed by atoms with Gasteiger partial charge in [-0.25, -0.2) is 0 Å². The van der Waals surface area contributed by atoms with Crippen molar-refractivity contribution in [2.75, 3.05) is 0 Å². The van der Waals surface area contributed by atoms with Crippen molar-refractivity contribution in [2.24, 2.45) is 0 Å². The van der Waals surface area contributed by atoms with Crippen LogP contribution >= 0.6 is 11.5 Å². The van der Waals surface area contributed by atoms with Gasteiger partial charge in [-0.2, -0.15) is 4.37 Å². The highest BCUT2D eigenvalue weighted by Gasteiger charge is 2.21. The Morgan fingerprint density at radius 1 is 1.33 bits per heavy atom. The Kier molecular flexibility index (Phi) is 2.57. The molecule has 2 heteroatoms. The number of nitrogens with zero attached hydrogens (tertiary/aromatic N) is 1. The molecule has 0 saturated carbocycles. The molecule has 1 nitrogen and oxygen atoms in total. The molecular formula is C10H17NS. The number of rotatable bonds is 1. The molecule has 1 heterocycles. The summed E-state index contributed by atoms with van der Waals surface area (Å²) >= 11 is 1.57. The Balaban J connectivity index is 3.08. The lowest BCUT2D eigenvalue weighted by atomic mass is 9.86. The maximum Gasteiger partial charge on any atom is 0.0630 e. The predicted octanol–water partition coefficient (Wildman–Crippen LogP) is 3.56. The number of hydrogen-bond donors (Lipinski definition) is 0. The Labute approximate surface area is 79.0 Å². The molecule has 1 aromatic rings. The third-order valence-corrected chi connectivity index (χ3v) is 2.58. The quantitative estimate of drug-likeness (QED) is 0.648. The van der Waals surface area contributed by atoms with Crippen LogP contribution < -0.4 is 0 Å². The van der Waals surface area contributed by atoms with Gasteiger partial charge in [-0.1, -0.05) is 34.6 Å². The Morgan fingerprint density at radius 2 is 1.92 bits per heavy atom. The highest BCUT2D eigenvalue weighted by molar-refractivity contribution is 7.03. The molecular weight excluding hydrogens is 166 g/mol. The molecule has 1 rings (SSSR count). The molecule has 12 heavy (non-hydrogen) atoms. The molecule has 0 bridgehead atoms. The average molecular weight is 183 g/mol. The van der Waals surface area contributed by atoms with E-state index in [4.69, 9.17) is 0 Å². The first-order valence-corrected chi connectivity index (χ1v) is 5.21. The monoisotopic (exact) mass is 183 g/mol. The van der Waals surface area contributed by atoms with Crippen LogP contribution in [0.1, 0.15) is 51.8 Å². The Hall–Kier alpha value is -0.370. The lowest BCUT2D eigenvalue weighted by Gasteiger charge is -2.18. The van der Waals surface area contributed by atoms with Gasteiger partial charge in [0.05, 0.1) is 5.69 Å². The molecule has 0 amide bonds. The van der Waals surface area contributed by atoms with Crippen LogP contribution in [0.25, 0.3) is 0 Å². The fourth-order valence-electron chi connectivity index (χ4n) is 1.22. The van der Waals surface area contributed by atoms with Crippen molar-refractivity contribution in [3.8, 4) is 0 Å². The van der Waals surface area contributed by atoms with Gasteiger partial charge >= 0.3 is 0 Å². The molecule has 0 spiro atoms. The van der Waals surface area contributed by atoms with Gasteiger partial charge in [0.2, 0.25) is 0 Å². The normalized spacial score (nSPS) is 12.5. The topological polar surface area (TPSA) is 12.9 Å².